The summed E-state index contributed by atoms with van der Waals surface area (Å²) in [5.41, 5.74) is 4.83. The second kappa shape index (κ2) is 2.95. The molecule has 0 aliphatic rings. The van der Waals surface area contributed by atoms with Crippen molar-refractivity contribution in [3.63, 3.8) is 0 Å². The third-order valence-corrected chi connectivity index (χ3v) is 2.53. The summed E-state index contributed by atoms with van der Waals surface area (Å²) >= 11 is 8.36. The molecule has 0 aromatic heterocycles. The lowest BCUT2D eigenvalue weighted by Gasteiger charge is -2.02. The van der Waals surface area contributed by atoms with Gasteiger partial charge in [-0.25, -0.2) is 8.78 Å². The van der Waals surface area contributed by atoms with E-state index in [4.69, 9.17) is 17.3 Å². The van der Waals surface area contributed by atoms with E-state index in [0.717, 1.165) is 6.07 Å². The lowest BCUT2D eigenvalue weighted by Crippen LogP contribution is -1.95. The summed E-state index contributed by atoms with van der Waals surface area (Å²) in [6.45, 7) is 0. The van der Waals surface area contributed by atoms with Crippen LogP contribution in [0, 0.1) is 11.6 Å². The minimum Gasteiger partial charge on any atom is -0.395 e. The first-order valence-electron chi connectivity index (χ1n) is 2.62. The van der Waals surface area contributed by atoms with Gasteiger partial charge in [0.2, 0.25) is 0 Å². The van der Waals surface area contributed by atoms with Gasteiger partial charge >= 0.3 is 0 Å². The summed E-state index contributed by atoms with van der Waals surface area (Å²) in [4.78, 5) is 0. The number of nitrogen functional groups attached to an aromatic ring is 1. The van der Waals surface area contributed by atoms with Crippen LogP contribution in [0.4, 0.5) is 14.5 Å². The van der Waals surface area contributed by atoms with E-state index in [1.54, 1.807) is 0 Å². The molecule has 0 fully saturated rings. The maximum absolute atomic E-state index is 12.6. The molecule has 0 bridgehead atoms. The van der Waals surface area contributed by atoms with Crippen LogP contribution in [0.3, 0.4) is 0 Å². The summed E-state index contributed by atoms with van der Waals surface area (Å²) in [5.74, 6) is -2.13. The first-order chi connectivity index (χ1) is 5.04. The van der Waals surface area contributed by atoms with Crippen LogP contribution in [-0.4, -0.2) is 0 Å². The maximum Gasteiger partial charge on any atom is 0.182 e. The van der Waals surface area contributed by atoms with Crippen LogP contribution in [0.5, 0.6) is 0 Å². The number of halogens is 4. The molecule has 5 heteroatoms. The van der Waals surface area contributed by atoms with Gasteiger partial charge in [0.25, 0.3) is 0 Å². The number of benzene rings is 1. The van der Waals surface area contributed by atoms with Crippen molar-refractivity contribution in [2.24, 2.45) is 0 Å². The molecular weight excluding hydrogens is 239 g/mol. The van der Waals surface area contributed by atoms with Crippen LogP contribution in [-0.2, 0) is 0 Å². The Kier molecular flexibility index (Phi) is 2.34. The topological polar surface area (TPSA) is 26.0 Å². The quantitative estimate of drug-likeness (QED) is 0.549. The second-order valence-electron chi connectivity index (χ2n) is 1.88. The van der Waals surface area contributed by atoms with Crippen molar-refractivity contribution < 1.29 is 8.78 Å². The molecule has 0 spiro atoms. The molecular formula is C6H3BrClF2N. The maximum atomic E-state index is 12.6. The van der Waals surface area contributed by atoms with Crippen molar-refractivity contribution in [2.45, 2.75) is 0 Å². The molecule has 0 aliphatic heterocycles. The van der Waals surface area contributed by atoms with Gasteiger partial charge in [-0.05, 0) is 22.0 Å². The number of rotatable bonds is 0. The molecule has 2 N–H and O–H groups in total. The number of hydrogen-bond donors (Lipinski definition) is 1. The van der Waals surface area contributed by atoms with Gasteiger partial charge in [0, 0.05) is 0 Å². The zero-order valence-electron chi connectivity index (χ0n) is 5.17. The van der Waals surface area contributed by atoms with E-state index in [1.807, 2.05) is 0 Å². The molecule has 0 saturated carbocycles. The molecule has 60 valence electrons. The molecule has 0 atom stereocenters. The minimum atomic E-state index is -1.08. The van der Waals surface area contributed by atoms with Crippen LogP contribution < -0.4 is 5.73 Å². The Morgan fingerprint density at radius 3 is 2.55 bits per heavy atom. The van der Waals surface area contributed by atoms with Crippen molar-refractivity contribution in [3.8, 4) is 0 Å². The molecule has 0 amide bonds. The average molecular weight is 242 g/mol. The smallest absolute Gasteiger partial charge is 0.182 e. The standard InChI is InChI=1S/C6H3BrClF2N/c7-4-2(8)1-3(9)5(10)6(4)11/h1H,11H2. The van der Waals surface area contributed by atoms with E-state index < -0.39 is 11.6 Å². The third-order valence-electron chi connectivity index (χ3n) is 1.15. The van der Waals surface area contributed by atoms with E-state index in [9.17, 15) is 8.78 Å². The fraction of sp³-hybridized carbons (Fsp3) is 0. The first-order valence-corrected chi connectivity index (χ1v) is 3.79. The summed E-state index contributed by atoms with van der Waals surface area (Å²) in [6, 6.07) is 0.858. The molecule has 11 heavy (non-hydrogen) atoms. The Balaban J connectivity index is 3.46. The SMILES string of the molecule is Nc1c(F)c(F)cc(Cl)c1Br. The van der Waals surface area contributed by atoms with E-state index in [1.165, 1.54) is 0 Å². The van der Waals surface area contributed by atoms with Crippen LogP contribution in [0.1, 0.15) is 0 Å². The van der Waals surface area contributed by atoms with Crippen LogP contribution in [0.15, 0.2) is 10.5 Å². The largest absolute Gasteiger partial charge is 0.395 e. The highest BCUT2D eigenvalue weighted by atomic mass is 79.9. The first kappa shape index (κ1) is 8.74. The lowest BCUT2D eigenvalue weighted by atomic mass is 10.3. The summed E-state index contributed by atoms with van der Waals surface area (Å²) in [7, 11) is 0. The average Bonchev–Trinajstić information content (AvgIpc) is 1.97. The van der Waals surface area contributed by atoms with Crippen molar-refractivity contribution >= 4 is 33.2 Å². The van der Waals surface area contributed by atoms with Gasteiger partial charge in [0.1, 0.15) is 0 Å². The summed E-state index contributed by atoms with van der Waals surface area (Å²) < 4.78 is 25.2. The molecule has 1 aromatic rings. The van der Waals surface area contributed by atoms with Gasteiger partial charge < -0.3 is 5.73 Å². The lowest BCUT2D eigenvalue weighted by molar-refractivity contribution is 0.511. The molecule has 0 unspecified atom stereocenters. The van der Waals surface area contributed by atoms with Crippen LogP contribution >= 0.6 is 27.5 Å². The molecule has 0 radical (unpaired) electrons. The van der Waals surface area contributed by atoms with E-state index in [0.29, 0.717) is 0 Å². The van der Waals surface area contributed by atoms with Crippen molar-refractivity contribution in [3.05, 3.63) is 27.2 Å². The third kappa shape index (κ3) is 1.46. The Labute approximate surface area is 75.3 Å². The number of nitrogens with two attached hydrogens (primary N) is 1. The Bertz CT molecular complexity index is 277. The fourth-order valence-electron chi connectivity index (χ4n) is 0.592. The summed E-state index contributed by atoms with van der Waals surface area (Å²) in [5, 5.41) is 0.0569. The highest BCUT2D eigenvalue weighted by Crippen LogP contribution is 2.31. The van der Waals surface area contributed by atoms with Crippen LogP contribution in [0.2, 0.25) is 5.02 Å². The number of anilines is 1. The van der Waals surface area contributed by atoms with Gasteiger partial charge in [-0.15, -0.1) is 0 Å². The predicted octanol–water partition coefficient (Wildman–Crippen LogP) is 2.96. The molecule has 0 aliphatic carbocycles. The molecule has 1 aromatic carbocycles. The van der Waals surface area contributed by atoms with E-state index in [-0.39, 0.29) is 15.2 Å². The number of hydrogen-bond acceptors (Lipinski definition) is 1. The highest BCUT2D eigenvalue weighted by Gasteiger charge is 2.12. The molecule has 0 heterocycles. The van der Waals surface area contributed by atoms with E-state index in [2.05, 4.69) is 15.9 Å². The molecule has 0 saturated heterocycles. The van der Waals surface area contributed by atoms with E-state index >= 15 is 0 Å². The molecule has 1 rings (SSSR count). The summed E-state index contributed by atoms with van der Waals surface area (Å²) in [6.07, 6.45) is 0. The predicted molar refractivity (Wildman–Crippen MR) is 43.5 cm³/mol. The highest BCUT2D eigenvalue weighted by molar-refractivity contribution is 9.10. The van der Waals surface area contributed by atoms with Gasteiger partial charge in [0.05, 0.1) is 15.2 Å². The normalized spacial score (nSPS) is 10.2. The Morgan fingerprint density at radius 2 is 2.00 bits per heavy atom. The van der Waals surface area contributed by atoms with Gasteiger partial charge in [0.15, 0.2) is 11.6 Å². The van der Waals surface area contributed by atoms with Crippen LogP contribution in [0.25, 0.3) is 0 Å². The van der Waals surface area contributed by atoms with Gasteiger partial charge in [-0.2, -0.15) is 0 Å². The van der Waals surface area contributed by atoms with Crippen molar-refractivity contribution in [2.75, 3.05) is 5.73 Å². The van der Waals surface area contributed by atoms with Crippen molar-refractivity contribution in [1.82, 2.24) is 0 Å². The zero-order valence-corrected chi connectivity index (χ0v) is 7.51. The fourth-order valence-corrected chi connectivity index (χ4v) is 1.08. The van der Waals surface area contributed by atoms with Crippen molar-refractivity contribution in [1.29, 1.82) is 0 Å². The van der Waals surface area contributed by atoms with Gasteiger partial charge in [-0.1, -0.05) is 11.6 Å². The Hall–Kier alpha value is -0.350. The Morgan fingerprint density at radius 1 is 1.45 bits per heavy atom. The minimum absolute atomic E-state index is 0.0569. The second-order valence-corrected chi connectivity index (χ2v) is 3.08. The zero-order chi connectivity index (χ0) is 8.59. The van der Waals surface area contributed by atoms with Gasteiger partial charge in [-0.3, -0.25) is 0 Å². The molecule has 1 nitrogen and oxygen atoms in total. The monoisotopic (exact) mass is 241 g/mol.